The summed E-state index contributed by atoms with van der Waals surface area (Å²) in [6.07, 6.45) is 4.31. The third-order valence-corrected chi connectivity index (χ3v) is 4.59. The van der Waals surface area contributed by atoms with Crippen LogP contribution >= 0.6 is 11.3 Å². The number of hydrogen-bond donors (Lipinski definition) is 1. The summed E-state index contributed by atoms with van der Waals surface area (Å²) in [6.45, 7) is 3.79. The Morgan fingerprint density at radius 3 is 3.30 bits per heavy atom. The molecule has 2 aromatic heterocycles. The number of ether oxygens (including phenoxy) is 1. The second kappa shape index (κ2) is 6.47. The van der Waals surface area contributed by atoms with E-state index in [1.165, 1.54) is 18.5 Å². The van der Waals surface area contributed by atoms with E-state index in [1.807, 2.05) is 6.20 Å². The molecule has 20 heavy (non-hydrogen) atoms. The number of piperidine rings is 1. The van der Waals surface area contributed by atoms with Gasteiger partial charge in [-0.3, -0.25) is 10.00 Å². The molecule has 0 aliphatic carbocycles. The first kappa shape index (κ1) is 13.7. The van der Waals surface area contributed by atoms with Crippen LogP contribution in [0.5, 0.6) is 0 Å². The van der Waals surface area contributed by atoms with E-state index in [-0.39, 0.29) is 0 Å². The van der Waals surface area contributed by atoms with Gasteiger partial charge in [-0.25, -0.2) is 4.98 Å². The van der Waals surface area contributed by atoms with Crippen LogP contribution < -0.4 is 0 Å². The van der Waals surface area contributed by atoms with Crippen molar-refractivity contribution in [2.75, 3.05) is 20.2 Å². The summed E-state index contributed by atoms with van der Waals surface area (Å²) in [7, 11) is 1.71. The molecule has 0 unspecified atom stereocenters. The maximum atomic E-state index is 5.12. The van der Waals surface area contributed by atoms with E-state index in [9.17, 15) is 0 Å². The molecule has 0 saturated carbocycles. The molecular formula is C14H20N4OS. The van der Waals surface area contributed by atoms with Gasteiger partial charge in [0.1, 0.15) is 5.01 Å². The van der Waals surface area contributed by atoms with Crippen LogP contribution in [0.3, 0.4) is 0 Å². The molecule has 0 aromatic carbocycles. The van der Waals surface area contributed by atoms with Crippen LogP contribution in [-0.4, -0.2) is 40.3 Å². The van der Waals surface area contributed by atoms with Gasteiger partial charge >= 0.3 is 0 Å². The number of rotatable bonds is 5. The van der Waals surface area contributed by atoms with E-state index in [0.29, 0.717) is 12.5 Å². The molecule has 108 valence electrons. The summed E-state index contributed by atoms with van der Waals surface area (Å²) in [4.78, 5) is 7.10. The van der Waals surface area contributed by atoms with Crippen molar-refractivity contribution in [3.63, 3.8) is 0 Å². The Hall–Kier alpha value is -1.24. The lowest BCUT2D eigenvalue weighted by molar-refractivity contribution is 0.182. The monoisotopic (exact) mass is 292 g/mol. The quantitative estimate of drug-likeness (QED) is 0.919. The Labute approximate surface area is 123 Å². The summed E-state index contributed by atoms with van der Waals surface area (Å²) in [6, 6.07) is 2.09. The molecule has 1 aliphatic rings. The highest BCUT2D eigenvalue weighted by molar-refractivity contribution is 7.09. The van der Waals surface area contributed by atoms with Gasteiger partial charge in [0.05, 0.1) is 12.3 Å². The highest BCUT2D eigenvalue weighted by Gasteiger charge is 2.22. The number of likely N-dealkylation sites (tertiary alicyclic amines) is 1. The van der Waals surface area contributed by atoms with Crippen LogP contribution in [0, 0.1) is 0 Å². The molecule has 3 heterocycles. The van der Waals surface area contributed by atoms with Gasteiger partial charge in [-0.2, -0.15) is 5.10 Å². The van der Waals surface area contributed by atoms with Crippen molar-refractivity contribution in [2.45, 2.75) is 31.9 Å². The third kappa shape index (κ3) is 3.26. The second-order valence-electron chi connectivity index (χ2n) is 5.25. The molecule has 1 fully saturated rings. The van der Waals surface area contributed by atoms with Gasteiger partial charge in [0.25, 0.3) is 0 Å². The number of aromatic nitrogens is 3. The van der Waals surface area contributed by atoms with Gasteiger partial charge in [0, 0.05) is 43.4 Å². The molecule has 0 bridgehead atoms. The van der Waals surface area contributed by atoms with Crippen molar-refractivity contribution in [3.8, 4) is 0 Å². The van der Waals surface area contributed by atoms with E-state index >= 15 is 0 Å². The van der Waals surface area contributed by atoms with Gasteiger partial charge < -0.3 is 4.74 Å². The fourth-order valence-corrected chi connectivity index (χ4v) is 3.54. The summed E-state index contributed by atoms with van der Waals surface area (Å²) >= 11 is 1.68. The predicted molar refractivity (Wildman–Crippen MR) is 78.7 cm³/mol. The minimum Gasteiger partial charge on any atom is -0.378 e. The van der Waals surface area contributed by atoms with E-state index in [2.05, 4.69) is 31.5 Å². The lowest BCUT2D eigenvalue weighted by Gasteiger charge is -2.31. The Morgan fingerprint density at radius 2 is 2.50 bits per heavy atom. The maximum Gasteiger partial charge on any atom is 0.119 e. The summed E-state index contributed by atoms with van der Waals surface area (Å²) < 4.78 is 5.12. The Bertz CT molecular complexity index is 525. The molecular weight excluding hydrogens is 272 g/mol. The van der Waals surface area contributed by atoms with Crippen LogP contribution in [0.1, 0.15) is 35.2 Å². The topological polar surface area (TPSA) is 54.0 Å². The molecule has 0 amide bonds. The number of nitrogens with zero attached hydrogens (tertiary/aromatic N) is 3. The van der Waals surface area contributed by atoms with Crippen molar-refractivity contribution in [3.05, 3.63) is 34.0 Å². The summed E-state index contributed by atoms with van der Waals surface area (Å²) in [5.41, 5.74) is 2.42. The molecule has 1 aliphatic heterocycles. The van der Waals surface area contributed by atoms with Crippen LogP contribution in [-0.2, 0) is 17.9 Å². The van der Waals surface area contributed by atoms with Crippen molar-refractivity contribution in [2.24, 2.45) is 0 Å². The normalized spacial score (nSPS) is 20.4. The number of H-pyrrole nitrogens is 1. The molecule has 2 aromatic rings. The fraction of sp³-hybridized carbons (Fsp3) is 0.571. The van der Waals surface area contributed by atoms with Gasteiger partial charge in [-0.15, -0.1) is 11.3 Å². The smallest absolute Gasteiger partial charge is 0.119 e. The average Bonchev–Trinajstić information content (AvgIpc) is 3.11. The zero-order chi connectivity index (χ0) is 13.8. The first-order chi connectivity index (χ1) is 9.85. The molecule has 6 heteroatoms. The maximum absolute atomic E-state index is 5.12. The summed E-state index contributed by atoms with van der Waals surface area (Å²) in [5, 5.41) is 10.4. The molecule has 0 spiro atoms. The van der Waals surface area contributed by atoms with Crippen LogP contribution in [0.2, 0.25) is 0 Å². The number of aromatic amines is 1. The van der Waals surface area contributed by atoms with E-state index in [1.54, 1.807) is 18.4 Å². The Kier molecular flexibility index (Phi) is 4.44. The second-order valence-corrected chi connectivity index (χ2v) is 6.19. The largest absolute Gasteiger partial charge is 0.378 e. The molecule has 1 atom stereocenters. The van der Waals surface area contributed by atoms with E-state index in [0.717, 1.165) is 30.3 Å². The summed E-state index contributed by atoms with van der Waals surface area (Å²) in [5.74, 6) is 0.573. The standard InChI is InChI=1S/C14H20N4OS/c1-19-9-14-16-12(10-20-14)8-18-6-2-3-11(7-18)13-4-5-15-17-13/h4-5,10-11H,2-3,6-9H2,1H3,(H,15,17)/t11-/m1/s1. The Balaban J connectivity index is 1.59. The molecule has 1 saturated heterocycles. The van der Waals surface area contributed by atoms with Gasteiger partial charge in [0.2, 0.25) is 0 Å². The third-order valence-electron chi connectivity index (χ3n) is 3.72. The van der Waals surface area contributed by atoms with Gasteiger partial charge in [-0.05, 0) is 25.5 Å². The molecule has 1 N–H and O–H groups in total. The van der Waals surface area contributed by atoms with Gasteiger partial charge in [0.15, 0.2) is 0 Å². The minimum absolute atomic E-state index is 0.573. The predicted octanol–water partition coefficient (Wildman–Crippen LogP) is 2.39. The lowest BCUT2D eigenvalue weighted by Crippen LogP contribution is -2.34. The lowest BCUT2D eigenvalue weighted by atomic mass is 9.95. The van der Waals surface area contributed by atoms with Crippen LogP contribution in [0.15, 0.2) is 17.6 Å². The van der Waals surface area contributed by atoms with Gasteiger partial charge in [-0.1, -0.05) is 0 Å². The molecule has 5 nitrogen and oxygen atoms in total. The molecule has 0 radical (unpaired) electrons. The fourth-order valence-electron chi connectivity index (χ4n) is 2.79. The number of nitrogens with one attached hydrogen (secondary N) is 1. The van der Waals surface area contributed by atoms with Crippen molar-refractivity contribution >= 4 is 11.3 Å². The van der Waals surface area contributed by atoms with Crippen molar-refractivity contribution < 1.29 is 4.74 Å². The van der Waals surface area contributed by atoms with Crippen molar-refractivity contribution in [1.29, 1.82) is 0 Å². The average molecular weight is 292 g/mol. The Morgan fingerprint density at radius 1 is 1.55 bits per heavy atom. The van der Waals surface area contributed by atoms with Crippen molar-refractivity contribution in [1.82, 2.24) is 20.1 Å². The number of methoxy groups -OCH3 is 1. The van der Waals surface area contributed by atoms with E-state index < -0.39 is 0 Å². The van der Waals surface area contributed by atoms with Crippen LogP contribution in [0.4, 0.5) is 0 Å². The number of hydrogen-bond acceptors (Lipinski definition) is 5. The van der Waals surface area contributed by atoms with E-state index in [4.69, 9.17) is 4.74 Å². The number of thiazole rings is 1. The first-order valence-corrected chi connectivity index (χ1v) is 7.87. The zero-order valence-electron chi connectivity index (χ0n) is 11.7. The molecule has 3 rings (SSSR count). The highest BCUT2D eigenvalue weighted by Crippen LogP contribution is 2.26. The zero-order valence-corrected chi connectivity index (χ0v) is 12.5. The van der Waals surface area contributed by atoms with Crippen LogP contribution in [0.25, 0.3) is 0 Å². The first-order valence-electron chi connectivity index (χ1n) is 6.99. The highest BCUT2D eigenvalue weighted by atomic mass is 32.1. The SMILES string of the molecule is COCc1nc(CN2CCC[C@@H](c3ccn[nH]3)C2)cs1. The minimum atomic E-state index is 0.573.